The molecule has 0 aromatic rings. The van der Waals surface area contributed by atoms with E-state index in [1.54, 1.807) is 0 Å². The largest absolute Gasteiger partial charge is 0.393 e. The van der Waals surface area contributed by atoms with Crippen LogP contribution >= 0.6 is 0 Å². The van der Waals surface area contributed by atoms with Crippen molar-refractivity contribution in [3.05, 3.63) is 0 Å². The van der Waals surface area contributed by atoms with Gasteiger partial charge in [-0.2, -0.15) is 0 Å². The highest BCUT2D eigenvalue weighted by molar-refractivity contribution is 5.13. The molecule has 0 aliphatic heterocycles. The monoisotopic (exact) mass is 166 g/mol. The Hall–Kier alpha value is -0.0400. The molecule has 12 heavy (non-hydrogen) atoms. The summed E-state index contributed by atoms with van der Waals surface area (Å²) < 4.78 is 0. The molecule has 5 unspecified atom stereocenters. The second-order valence-electron chi connectivity index (χ2n) is 5.34. The van der Waals surface area contributed by atoms with E-state index in [-0.39, 0.29) is 6.10 Å². The first-order valence-corrected chi connectivity index (χ1v) is 5.41. The Morgan fingerprint density at radius 2 is 2.08 bits per heavy atom. The Morgan fingerprint density at radius 3 is 2.92 bits per heavy atom. The molecule has 3 saturated carbocycles. The van der Waals surface area contributed by atoms with Crippen LogP contribution < -0.4 is 0 Å². The number of rotatable bonds is 0. The van der Waals surface area contributed by atoms with Crippen molar-refractivity contribution in [3.8, 4) is 0 Å². The number of aliphatic hydroxyl groups is 1. The van der Waals surface area contributed by atoms with Crippen molar-refractivity contribution in [3.63, 3.8) is 0 Å². The zero-order valence-corrected chi connectivity index (χ0v) is 7.79. The van der Waals surface area contributed by atoms with Gasteiger partial charge in [-0.3, -0.25) is 0 Å². The molecular weight excluding hydrogens is 148 g/mol. The highest BCUT2D eigenvalue weighted by atomic mass is 16.3. The maximum Gasteiger partial charge on any atom is 0.0576 e. The molecule has 1 N–H and O–H groups in total. The van der Waals surface area contributed by atoms with Crippen LogP contribution in [0.1, 0.15) is 39.0 Å². The summed E-state index contributed by atoms with van der Waals surface area (Å²) in [4.78, 5) is 0. The Morgan fingerprint density at radius 1 is 1.25 bits per heavy atom. The van der Waals surface area contributed by atoms with Crippen molar-refractivity contribution in [1.82, 2.24) is 0 Å². The van der Waals surface area contributed by atoms with Crippen LogP contribution in [-0.2, 0) is 0 Å². The SMILES string of the molecule is CC12CCC(O)C1C1CCCC12. The van der Waals surface area contributed by atoms with Crippen LogP contribution in [0.25, 0.3) is 0 Å². The smallest absolute Gasteiger partial charge is 0.0576 e. The Bertz CT molecular complexity index is 213. The molecule has 0 bridgehead atoms. The number of fused-ring (bicyclic) bond motifs is 4. The second kappa shape index (κ2) is 2.06. The fourth-order valence-corrected chi connectivity index (χ4v) is 4.57. The Kier molecular flexibility index (Phi) is 1.27. The van der Waals surface area contributed by atoms with Crippen LogP contribution in [0.2, 0.25) is 0 Å². The molecule has 0 amide bonds. The normalized spacial score (nSPS) is 62.5. The molecule has 3 rings (SSSR count). The molecule has 1 nitrogen and oxygen atoms in total. The Labute approximate surface area is 74.2 Å². The molecule has 0 spiro atoms. The number of hydrogen-bond donors (Lipinski definition) is 1. The van der Waals surface area contributed by atoms with Gasteiger partial charge in [0.2, 0.25) is 0 Å². The van der Waals surface area contributed by atoms with Gasteiger partial charge in [-0.25, -0.2) is 0 Å². The highest BCUT2D eigenvalue weighted by Gasteiger charge is 2.64. The van der Waals surface area contributed by atoms with E-state index in [1.165, 1.54) is 25.7 Å². The first-order valence-electron chi connectivity index (χ1n) is 5.41. The van der Waals surface area contributed by atoms with Crippen LogP contribution in [0.15, 0.2) is 0 Å². The minimum absolute atomic E-state index is 0.0503. The molecule has 0 saturated heterocycles. The second-order valence-corrected chi connectivity index (χ2v) is 5.34. The molecule has 0 aromatic heterocycles. The van der Waals surface area contributed by atoms with Crippen molar-refractivity contribution in [1.29, 1.82) is 0 Å². The summed E-state index contributed by atoms with van der Waals surface area (Å²) in [6.45, 7) is 2.42. The predicted molar refractivity (Wildman–Crippen MR) is 47.7 cm³/mol. The lowest BCUT2D eigenvalue weighted by Crippen LogP contribution is -2.52. The lowest BCUT2D eigenvalue weighted by Gasteiger charge is -2.55. The standard InChI is InChI=1S/C11H18O/c1-11-6-5-9(12)10(11)7-3-2-4-8(7)11/h7-10,12H,2-6H2,1H3. The van der Waals surface area contributed by atoms with Crippen molar-refractivity contribution < 1.29 is 5.11 Å². The van der Waals surface area contributed by atoms with Gasteiger partial charge in [-0.1, -0.05) is 13.3 Å². The van der Waals surface area contributed by atoms with E-state index in [0.29, 0.717) is 11.3 Å². The van der Waals surface area contributed by atoms with Gasteiger partial charge in [0.1, 0.15) is 0 Å². The molecule has 3 aliphatic carbocycles. The summed E-state index contributed by atoms with van der Waals surface area (Å²) in [6.07, 6.45) is 6.70. The van der Waals surface area contributed by atoms with E-state index < -0.39 is 0 Å². The van der Waals surface area contributed by atoms with Gasteiger partial charge < -0.3 is 5.11 Å². The average Bonchev–Trinajstić information content (AvgIpc) is 2.53. The molecule has 3 aliphatic rings. The van der Waals surface area contributed by atoms with E-state index in [1.807, 2.05) is 0 Å². The van der Waals surface area contributed by atoms with Crippen molar-refractivity contribution in [2.24, 2.45) is 23.2 Å². The highest BCUT2D eigenvalue weighted by Crippen LogP contribution is 2.69. The fraction of sp³-hybridized carbons (Fsp3) is 1.00. The minimum Gasteiger partial charge on any atom is -0.393 e. The van der Waals surface area contributed by atoms with Gasteiger partial charge in [0.25, 0.3) is 0 Å². The summed E-state index contributed by atoms with van der Waals surface area (Å²) in [7, 11) is 0. The molecular formula is C11H18O. The molecule has 1 heteroatoms. The number of aliphatic hydroxyl groups excluding tert-OH is 1. The molecule has 0 aromatic carbocycles. The van der Waals surface area contributed by atoms with Gasteiger partial charge >= 0.3 is 0 Å². The van der Waals surface area contributed by atoms with Gasteiger partial charge in [0.15, 0.2) is 0 Å². The topological polar surface area (TPSA) is 20.2 Å². The third-order valence-corrected chi connectivity index (χ3v) is 5.03. The van der Waals surface area contributed by atoms with Crippen LogP contribution in [0, 0.1) is 23.2 Å². The summed E-state index contributed by atoms with van der Waals surface area (Å²) in [5.41, 5.74) is 0.556. The van der Waals surface area contributed by atoms with Gasteiger partial charge in [0, 0.05) is 0 Å². The third kappa shape index (κ3) is 0.618. The molecule has 0 heterocycles. The van der Waals surface area contributed by atoms with Crippen LogP contribution in [-0.4, -0.2) is 11.2 Å². The molecule has 68 valence electrons. The van der Waals surface area contributed by atoms with Gasteiger partial charge in [-0.05, 0) is 48.9 Å². The number of hydrogen-bond acceptors (Lipinski definition) is 1. The minimum atomic E-state index is 0.0503. The quantitative estimate of drug-likeness (QED) is 0.585. The summed E-state index contributed by atoms with van der Waals surface area (Å²) in [6, 6.07) is 0. The first-order chi connectivity index (χ1) is 5.73. The van der Waals surface area contributed by atoms with E-state index in [0.717, 1.165) is 18.3 Å². The summed E-state index contributed by atoms with van der Waals surface area (Å²) in [5, 5.41) is 9.83. The molecule has 0 radical (unpaired) electrons. The maximum atomic E-state index is 9.83. The van der Waals surface area contributed by atoms with Crippen LogP contribution in [0.4, 0.5) is 0 Å². The van der Waals surface area contributed by atoms with Crippen LogP contribution in [0.3, 0.4) is 0 Å². The van der Waals surface area contributed by atoms with Crippen molar-refractivity contribution >= 4 is 0 Å². The summed E-state index contributed by atoms with van der Waals surface area (Å²) in [5.74, 6) is 2.58. The van der Waals surface area contributed by atoms with E-state index in [9.17, 15) is 5.11 Å². The van der Waals surface area contributed by atoms with Crippen molar-refractivity contribution in [2.75, 3.05) is 0 Å². The van der Waals surface area contributed by atoms with Gasteiger partial charge in [0.05, 0.1) is 6.10 Å². The van der Waals surface area contributed by atoms with E-state index >= 15 is 0 Å². The average molecular weight is 166 g/mol. The maximum absolute atomic E-state index is 9.83. The van der Waals surface area contributed by atoms with E-state index in [4.69, 9.17) is 0 Å². The lowest BCUT2D eigenvalue weighted by molar-refractivity contribution is -0.106. The zero-order chi connectivity index (χ0) is 8.34. The lowest BCUT2D eigenvalue weighted by atomic mass is 9.50. The van der Waals surface area contributed by atoms with Crippen molar-refractivity contribution in [2.45, 2.75) is 45.1 Å². The van der Waals surface area contributed by atoms with Crippen LogP contribution in [0.5, 0.6) is 0 Å². The van der Waals surface area contributed by atoms with E-state index in [2.05, 4.69) is 6.92 Å². The fourth-order valence-electron chi connectivity index (χ4n) is 4.57. The summed E-state index contributed by atoms with van der Waals surface area (Å²) >= 11 is 0. The first kappa shape index (κ1) is 7.37. The Balaban J connectivity index is 1.92. The molecule has 5 atom stereocenters. The predicted octanol–water partition coefficient (Wildman–Crippen LogP) is 2.19. The zero-order valence-electron chi connectivity index (χ0n) is 7.79. The van der Waals surface area contributed by atoms with Gasteiger partial charge in [-0.15, -0.1) is 0 Å². The third-order valence-electron chi connectivity index (χ3n) is 5.03. The molecule has 3 fully saturated rings.